The number of ether oxygens (including phenoxy) is 1. The Labute approximate surface area is 210 Å². The summed E-state index contributed by atoms with van der Waals surface area (Å²) in [5.41, 5.74) is 2.09. The van der Waals surface area contributed by atoms with Crippen LogP contribution in [-0.4, -0.2) is 58.3 Å². The number of carbonyl (C=O) groups is 3. The highest BCUT2D eigenvalue weighted by molar-refractivity contribution is 6.10. The van der Waals surface area contributed by atoms with Gasteiger partial charge >= 0.3 is 0 Å². The monoisotopic (exact) mass is 485 g/mol. The molecule has 2 bridgehead atoms. The molecule has 0 radical (unpaired) electrons. The number of hydrogen-bond acceptors (Lipinski definition) is 5. The van der Waals surface area contributed by atoms with E-state index in [0.29, 0.717) is 36.9 Å². The zero-order valence-electron chi connectivity index (χ0n) is 20.3. The summed E-state index contributed by atoms with van der Waals surface area (Å²) < 4.78 is 6.56. The number of likely N-dealkylation sites (tertiary alicyclic amines) is 1. The van der Waals surface area contributed by atoms with Gasteiger partial charge in [-0.1, -0.05) is 30.3 Å². The fraction of sp³-hybridized carbons (Fsp3) is 0.483. The van der Waals surface area contributed by atoms with Gasteiger partial charge in [-0.2, -0.15) is 0 Å². The average Bonchev–Trinajstić information content (AvgIpc) is 3.58. The molecule has 0 spiro atoms. The molecule has 2 aromatic rings. The van der Waals surface area contributed by atoms with Crippen LogP contribution in [0.15, 0.2) is 48.5 Å². The summed E-state index contributed by atoms with van der Waals surface area (Å²) in [6, 6.07) is 17.0. The van der Waals surface area contributed by atoms with Crippen molar-refractivity contribution < 1.29 is 19.1 Å². The van der Waals surface area contributed by atoms with Gasteiger partial charge in [-0.05, 0) is 80.3 Å². The lowest BCUT2D eigenvalue weighted by atomic mass is 9.63. The van der Waals surface area contributed by atoms with Gasteiger partial charge in [-0.15, -0.1) is 0 Å². The molecule has 5 fully saturated rings. The minimum Gasteiger partial charge on any atom is -0.489 e. The van der Waals surface area contributed by atoms with E-state index in [-0.39, 0.29) is 29.7 Å². The molecule has 3 amide bonds. The average molecular weight is 486 g/mol. The van der Waals surface area contributed by atoms with E-state index in [0.717, 1.165) is 43.7 Å². The minimum atomic E-state index is -0.878. The van der Waals surface area contributed by atoms with Crippen LogP contribution in [0.3, 0.4) is 0 Å². The molecular weight excluding hydrogens is 454 g/mol. The second-order valence-corrected chi connectivity index (χ2v) is 11.2. The van der Waals surface area contributed by atoms with Gasteiger partial charge in [0.05, 0.1) is 0 Å². The Hall–Kier alpha value is -3.19. The maximum absolute atomic E-state index is 13.2. The molecule has 3 saturated heterocycles. The van der Waals surface area contributed by atoms with Crippen LogP contribution in [0.1, 0.15) is 65.9 Å². The Morgan fingerprint density at radius 3 is 2.58 bits per heavy atom. The summed E-state index contributed by atoms with van der Waals surface area (Å²) in [6.07, 6.45) is 5.56. The van der Waals surface area contributed by atoms with Crippen LogP contribution in [0.4, 0.5) is 0 Å². The van der Waals surface area contributed by atoms with Crippen LogP contribution in [0, 0.1) is 5.92 Å². The number of hydrogen-bond donors (Lipinski definition) is 1. The number of rotatable bonds is 5. The van der Waals surface area contributed by atoms with E-state index in [1.807, 2.05) is 18.2 Å². The second-order valence-electron chi connectivity index (χ2n) is 11.2. The lowest BCUT2D eigenvalue weighted by Gasteiger charge is -2.53. The number of imide groups is 1. The summed E-state index contributed by atoms with van der Waals surface area (Å²) in [5.74, 6) is 0.557. The van der Waals surface area contributed by atoms with Gasteiger partial charge in [0.15, 0.2) is 0 Å². The minimum absolute atomic E-state index is 0.123. The fourth-order valence-corrected chi connectivity index (χ4v) is 7.24. The van der Waals surface area contributed by atoms with Crippen LogP contribution in [0.25, 0.3) is 0 Å². The third-order valence-electron chi connectivity index (χ3n) is 9.26. The molecule has 36 heavy (non-hydrogen) atoms. The van der Waals surface area contributed by atoms with E-state index in [4.69, 9.17) is 4.74 Å². The quantitative estimate of drug-likeness (QED) is 0.658. The molecule has 2 aliphatic carbocycles. The smallest absolute Gasteiger partial charge is 0.255 e. The van der Waals surface area contributed by atoms with E-state index in [9.17, 15) is 14.4 Å². The number of nitrogens with one attached hydrogen (secondary N) is 1. The third-order valence-corrected chi connectivity index (χ3v) is 9.26. The van der Waals surface area contributed by atoms with Crippen molar-refractivity contribution in [3.8, 4) is 5.75 Å². The summed E-state index contributed by atoms with van der Waals surface area (Å²) in [7, 11) is 0. The molecule has 4 heterocycles. The molecule has 1 unspecified atom stereocenters. The van der Waals surface area contributed by atoms with Crippen LogP contribution in [-0.2, 0) is 16.1 Å². The molecule has 2 saturated carbocycles. The van der Waals surface area contributed by atoms with Gasteiger partial charge in [0.2, 0.25) is 5.91 Å². The van der Waals surface area contributed by atoms with E-state index in [2.05, 4.69) is 40.5 Å². The molecule has 8 rings (SSSR count). The molecular formula is C29H31N3O4. The van der Waals surface area contributed by atoms with Crippen LogP contribution in [0.2, 0.25) is 0 Å². The summed E-state index contributed by atoms with van der Waals surface area (Å²) in [5, 5.41) is 2.45. The number of amides is 3. The van der Waals surface area contributed by atoms with E-state index in [1.54, 1.807) is 4.90 Å². The number of carbonyl (C=O) groups excluding carboxylic acids is 3. The molecule has 4 aliphatic heterocycles. The molecule has 7 heteroatoms. The van der Waals surface area contributed by atoms with E-state index < -0.39 is 5.54 Å². The van der Waals surface area contributed by atoms with Crippen molar-refractivity contribution in [2.75, 3.05) is 13.1 Å². The number of piperidine rings is 2. The van der Waals surface area contributed by atoms with Crippen LogP contribution < -0.4 is 10.1 Å². The van der Waals surface area contributed by atoms with Gasteiger partial charge < -0.3 is 9.64 Å². The molecule has 7 nitrogen and oxygen atoms in total. The predicted octanol–water partition coefficient (Wildman–Crippen LogP) is 3.24. The molecule has 3 atom stereocenters. The lowest BCUT2D eigenvalue weighted by molar-refractivity contribution is -0.160. The molecule has 2 aromatic carbocycles. The highest BCUT2D eigenvalue weighted by Crippen LogP contribution is 2.49. The zero-order chi connectivity index (χ0) is 24.4. The van der Waals surface area contributed by atoms with Crippen molar-refractivity contribution in [1.82, 2.24) is 15.1 Å². The second kappa shape index (κ2) is 8.17. The largest absolute Gasteiger partial charge is 0.489 e. The standard InChI is InChI=1S/C29H31N3O4/c33-26-21-14-29(15-21,28(35)30-26)32-17-20-13-22(9-10-23(20)27(32)34)36-25-8-4-7-24(25)31-12-11-19(16-31)18-5-2-1-3-6-18/h1-3,5-6,9-10,13,19,21,24-25H,4,7-8,11-12,14-17H2,(H,30,33,35)/t19?,21?,24-,25-,29?/m1/s1. The van der Waals surface area contributed by atoms with E-state index >= 15 is 0 Å². The lowest BCUT2D eigenvalue weighted by Crippen LogP contribution is -2.73. The van der Waals surface area contributed by atoms with Crippen LogP contribution >= 0.6 is 0 Å². The zero-order valence-corrected chi connectivity index (χ0v) is 20.3. The summed E-state index contributed by atoms with van der Waals surface area (Å²) >= 11 is 0. The first-order valence-corrected chi connectivity index (χ1v) is 13.3. The molecule has 1 N–H and O–H groups in total. The van der Waals surface area contributed by atoms with Gasteiger partial charge in [0.25, 0.3) is 11.8 Å². The first kappa shape index (κ1) is 22.0. The first-order chi connectivity index (χ1) is 17.5. The maximum atomic E-state index is 13.2. The SMILES string of the molecule is O=C1NC(=O)C2(N3Cc4cc(O[C@@H]5CCC[C@H]5N5CCC(c6ccccc6)C5)ccc4C3=O)CC1C2. The predicted molar refractivity (Wildman–Crippen MR) is 132 cm³/mol. The number of fused-ring (bicyclic) bond motifs is 3. The molecule has 6 aliphatic rings. The Morgan fingerprint density at radius 2 is 1.78 bits per heavy atom. The number of benzene rings is 2. The van der Waals surface area contributed by atoms with E-state index in [1.165, 1.54) is 12.0 Å². The molecule has 186 valence electrons. The van der Waals surface area contributed by atoms with Crippen molar-refractivity contribution in [3.05, 3.63) is 65.2 Å². The summed E-state index contributed by atoms with van der Waals surface area (Å²) in [6.45, 7) is 2.57. The van der Waals surface area contributed by atoms with Gasteiger partial charge in [0.1, 0.15) is 17.4 Å². The highest BCUT2D eigenvalue weighted by atomic mass is 16.5. The van der Waals surface area contributed by atoms with Crippen molar-refractivity contribution in [1.29, 1.82) is 0 Å². The first-order valence-electron chi connectivity index (χ1n) is 13.3. The van der Waals surface area contributed by atoms with Crippen molar-refractivity contribution >= 4 is 17.7 Å². The fourth-order valence-electron chi connectivity index (χ4n) is 7.24. The normalized spacial score (nSPS) is 33.4. The third kappa shape index (κ3) is 3.32. The topological polar surface area (TPSA) is 79.0 Å². The van der Waals surface area contributed by atoms with Gasteiger partial charge in [0, 0.05) is 30.6 Å². The Morgan fingerprint density at radius 1 is 0.944 bits per heavy atom. The van der Waals surface area contributed by atoms with Crippen molar-refractivity contribution in [3.63, 3.8) is 0 Å². The number of nitrogens with zero attached hydrogens (tertiary/aromatic N) is 2. The summed E-state index contributed by atoms with van der Waals surface area (Å²) in [4.78, 5) is 42.0. The highest BCUT2D eigenvalue weighted by Gasteiger charge is 2.63. The Bertz CT molecular complexity index is 1240. The molecule has 0 aromatic heterocycles. The van der Waals surface area contributed by atoms with Crippen molar-refractivity contribution in [2.45, 2.75) is 68.7 Å². The van der Waals surface area contributed by atoms with Crippen LogP contribution in [0.5, 0.6) is 5.75 Å². The van der Waals surface area contributed by atoms with Gasteiger partial charge in [-0.25, -0.2) is 0 Å². The van der Waals surface area contributed by atoms with Crippen molar-refractivity contribution in [2.24, 2.45) is 5.92 Å². The van der Waals surface area contributed by atoms with Gasteiger partial charge in [-0.3, -0.25) is 24.6 Å². The maximum Gasteiger partial charge on any atom is 0.255 e. The Kier molecular flexibility index (Phi) is 5.00. The Balaban J connectivity index is 1.04.